The molecule has 0 amide bonds. The van der Waals surface area contributed by atoms with Crippen LogP contribution < -0.4 is 15.1 Å². The van der Waals surface area contributed by atoms with Crippen molar-refractivity contribution in [2.45, 2.75) is 90.5 Å². The molecule has 0 aliphatic carbocycles. The summed E-state index contributed by atoms with van der Waals surface area (Å²) in [6.07, 6.45) is 12.6. The van der Waals surface area contributed by atoms with Crippen molar-refractivity contribution in [3.63, 3.8) is 0 Å². The van der Waals surface area contributed by atoms with E-state index in [1.54, 1.807) is 24.5 Å². The third-order valence-electron chi connectivity index (χ3n) is 9.05. The Kier molecular flexibility index (Phi) is 10.1. The van der Waals surface area contributed by atoms with Gasteiger partial charge in [-0.1, -0.05) is 17.2 Å². The van der Waals surface area contributed by atoms with Gasteiger partial charge in [0.2, 0.25) is 0 Å². The maximum Gasteiger partial charge on any atom is 0.336 e. The molecule has 48 heavy (non-hydrogen) atoms. The molecule has 2 fully saturated rings. The summed E-state index contributed by atoms with van der Waals surface area (Å²) in [4.78, 5) is 11.7. The zero-order chi connectivity index (χ0) is 33.8. The minimum atomic E-state index is -0.503. The Hall–Kier alpha value is -4.31. The van der Waals surface area contributed by atoms with Gasteiger partial charge < -0.3 is 37.6 Å². The quantitative estimate of drug-likeness (QED) is 0.0811. The summed E-state index contributed by atoms with van der Waals surface area (Å²) in [7, 11) is 0. The number of aromatic hydroxyl groups is 1. The first-order valence-electron chi connectivity index (χ1n) is 16.6. The van der Waals surface area contributed by atoms with E-state index >= 15 is 0 Å². The van der Waals surface area contributed by atoms with E-state index in [4.69, 9.17) is 32.5 Å². The standard InChI is InChI=1S/C39H44O9/c1-24(17-20-44-38-29-11-14-36(41)46-34(29)23-33-30(38)18-21-43-33)6-12-32-26(3)45-37(47-32)15-9-27-8-10-28(22-31(27)40)42-19-16-25(2)7-13-35-39(4,5)48-35/h8-11,14-18,21-23,26,32,35,37,40H,6-7,12-13,19-20H2,1-5H3/b15-9-,24-17+,25-16+/t26-,32?,35?,37-/m0/s1. The van der Waals surface area contributed by atoms with Crippen molar-refractivity contribution in [3.8, 4) is 17.2 Å². The fourth-order valence-corrected chi connectivity index (χ4v) is 5.93. The lowest BCUT2D eigenvalue weighted by atomic mass is 10.0. The lowest BCUT2D eigenvalue weighted by Crippen LogP contribution is -2.18. The highest BCUT2D eigenvalue weighted by atomic mass is 16.7. The highest BCUT2D eigenvalue weighted by Gasteiger charge is 2.46. The van der Waals surface area contributed by atoms with Gasteiger partial charge >= 0.3 is 5.63 Å². The fourth-order valence-electron chi connectivity index (χ4n) is 5.93. The molecule has 4 aromatic rings. The van der Waals surface area contributed by atoms with Crippen LogP contribution in [0.4, 0.5) is 0 Å². The number of phenols is 1. The Morgan fingerprint density at radius 1 is 0.917 bits per heavy atom. The molecule has 2 unspecified atom stereocenters. The highest BCUT2D eigenvalue weighted by molar-refractivity contribution is 6.01. The topological polar surface area (TPSA) is 113 Å². The van der Waals surface area contributed by atoms with E-state index in [-0.39, 0.29) is 23.6 Å². The smallest absolute Gasteiger partial charge is 0.336 e. The average Bonchev–Trinajstić information content (AvgIpc) is 3.32. The molecule has 2 saturated heterocycles. The Morgan fingerprint density at radius 2 is 1.65 bits per heavy atom. The van der Waals surface area contributed by atoms with E-state index < -0.39 is 11.9 Å². The molecule has 0 radical (unpaired) electrons. The lowest BCUT2D eigenvalue weighted by molar-refractivity contribution is -0.0267. The van der Waals surface area contributed by atoms with Crippen LogP contribution in [0.1, 0.15) is 65.9 Å². The maximum atomic E-state index is 11.7. The largest absolute Gasteiger partial charge is 0.507 e. The zero-order valence-electron chi connectivity index (χ0n) is 28.2. The summed E-state index contributed by atoms with van der Waals surface area (Å²) in [6.45, 7) is 11.2. The normalized spacial score (nSPS) is 22.6. The predicted octanol–water partition coefficient (Wildman–Crippen LogP) is 8.48. The Morgan fingerprint density at radius 3 is 2.40 bits per heavy atom. The molecular formula is C39H44O9. The number of ether oxygens (including phenoxy) is 5. The number of hydrogen-bond donors (Lipinski definition) is 1. The number of furan rings is 1. The monoisotopic (exact) mass is 656 g/mol. The van der Waals surface area contributed by atoms with Gasteiger partial charge in [0.15, 0.2) is 6.29 Å². The van der Waals surface area contributed by atoms with E-state index in [1.165, 1.54) is 11.6 Å². The summed E-state index contributed by atoms with van der Waals surface area (Å²) in [5, 5.41) is 12.1. The molecule has 9 nitrogen and oxygen atoms in total. The minimum absolute atomic E-state index is 0.0221. The van der Waals surface area contributed by atoms with Gasteiger partial charge in [-0.15, -0.1) is 0 Å². The molecule has 0 saturated carbocycles. The van der Waals surface area contributed by atoms with Crippen LogP contribution in [-0.4, -0.2) is 48.5 Å². The van der Waals surface area contributed by atoms with Crippen molar-refractivity contribution < 1.29 is 37.6 Å². The highest BCUT2D eigenvalue weighted by Crippen LogP contribution is 2.39. The van der Waals surface area contributed by atoms with Crippen molar-refractivity contribution in [2.75, 3.05) is 13.2 Å². The maximum absolute atomic E-state index is 11.7. The van der Waals surface area contributed by atoms with Crippen LogP contribution in [-0.2, 0) is 14.2 Å². The van der Waals surface area contributed by atoms with Crippen LogP contribution in [0, 0.1) is 0 Å². The van der Waals surface area contributed by atoms with Crippen molar-refractivity contribution >= 4 is 28.0 Å². The lowest BCUT2D eigenvalue weighted by Gasteiger charge is -2.13. The SMILES string of the molecule is C/C(=C\COc1c2ccoc2cc2oc(=O)ccc12)CCC1O[C@@H](/C=C\c2ccc(OC/C=C(\C)CCC3OC3(C)C)cc2O)O[C@H]1C. The number of rotatable bonds is 14. The van der Waals surface area contributed by atoms with Gasteiger partial charge in [0.25, 0.3) is 0 Å². The number of hydrogen-bond acceptors (Lipinski definition) is 9. The first kappa shape index (κ1) is 33.6. The molecule has 9 heteroatoms. The van der Waals surface area contributed by atoms with E-state index in [1.807, 2.05) is 43.4 Å². The summed E-state index contributed by atoms with van der Waals surface area (Å²) < 4.78 is 40.7. The van der Waals surface area contributed by atoms with Crippen LogP contribution in [0.3, 0.4) is 0 Å². The molecule has 2 aromatic heterocycles. The van der Waals surface area contributed by atoms with Crippen LogP contribution in [0.25, 0.3) is 28.0 Å². The Labute approximate surface area is 280 Å². The second-order valence-electron chi connectivity index (χ2n) is 13.2. The average molecular weight is 657 g/mol. The van der Waals surface area contributed by atoms with Gasteiger partial charge in [0.1, 0.15) is 41.6 Å². The Balaban J connectivity index is 0.953. The number of allylic oxidation sites excluding steroid dienone is 2. The van der Waals surface area contributed by atoms with Gasteiger partial charge in [-0.3, -0.25) is 0 Å². The molecule has 2 aliphatic rings. The molecule has 0 bridgehead atoms. The number of epoxide rings is 1. The molecule has 4 heterocycles. The van der Waals surface area contributed by atoms with Gasteiger partial charge in [-0.05, 0) is 103 Å². The van der Waals surface area contributed by atoms with Gasteiger partial charge in [0, 0.05) is 23.8 Å². The molecular weight excluding hydrogens is 612 g/mol. The summed E-state index contributed by atoms with van der Waals surface area (Å²) in [5.74, 6) is 1.36. The molecule has 2 aromatic carbocycles. The number of phenolic OH excluding ortho intramolecular Hbond substituents is 1. The molecule has 6 rings (SSSR count). The molecule has 2 aliphatic heterocycles. The van der Waals surface area contributed by atoms with E-state index in [9.17, 15) is 9.90 Å². The number of benzene rings is 2. The zero-order valence-corrected chi connectivity index (χ0v) is 28.2. The number of fused-ring (bicyclic) bond motifs is 2. The first-order chi connectivity index (χ1) is 23.1. The Bertz CT molecular complexity index is 1890. The van der Waals surface area contributed by atoms with Crippen molar-refractivity contribution in [2.24, 2.45) is 0 Å². The minimum Gasteiger partial charge on any atom is -0.507 e. The van der Waals surface area contributed by atoms with E-state index in [0.29, 0.717) is 47.5 Å². The van der Waals surface area contributed by atoms with E-state index in [0.717, 1.165) is 42.0 Å². The second kappa shape index (κ2) is 14.4. The van der Waals surface area contributed by atoms with Crippen LogP contribution >= 0.6 is 0 Å². The molecule has 254 valence electrons. The van der Waals surface area contributed by atoms with Gasteiger partial charge in [-0.25, -0.2) is 4.79 Å². The van der Waals surface area contributed by atoms with Gasteiger partial charge in [-0.2, -0.15) is 0 Å². The van der Waals surface area contributed by atoms with Crippen molar-refractivity contribution in [1.29, 1.82) is 0 Å². The van der Waals surface area contributed by atoms with E-state index in [2.05, 4.69) is 33.8 Å². The van der Waals surface area contributed by atoms with Crippen LogP contribution in [0.5, 0.6) is 17.2 Å². The third kappa shape index (κ3) is 8.21. The van der Waals surface area contributed by atoms with Crippen molar-refractivity contribution in [3.05, 3.63) is 94.1 Å². The summed E-state index contributed by atoms with van der Waals surface area (Å²) in [6, 6.07) is 11.9. The second-order valence-corrected chi connectivity index (χ2v) is 13.2. The third-order valence-corrected chi connectivity index (χ3v) is 9.05. The molecule has 1 N–H and O–H groups in total. The summed E-state index contributed by atoms with van der Waals surface area (Å²) >= 11 is 0. The molecule has 4 atom stereocenters. The predicted molar refractivity (Wildman–Crippen MR) is 185 cm³/mol. The molecule has 0 spiro atoms. The van der Waals surface area contributed by atoms with Gasteiger partial charge in [0.05, 0.1) is 40.9 Å². The van der Waals surface area contributed by atoms with Crippen LogP contribution in [0.2, 0.25) is 0 Å². The summed E-state index contributed by atoms with van der Waals surface area (Å²) in [5.41, 5.74) is 3.70. The van der Waals surface area contributed by atoms with Crippen molar-refractivity contribution in [1.82, 2.24) is 0 Å². The fraction of sp³-hybridized carbons (Fsp3) is 0.410. The van der Waals surface area contributed by atoms with Crippen LogP contribution in [0.15, 0.2) is 91.7 Å². The first-order valence-corrected chi connectivity index (χ1v) is 16.6.